The van der Waals surface area contributed by atoms with Crippen LogP contribution in [0.2, 0.25) is 0 Å². The van der Waals surface area contributed by atoms with Gasteiger partial charge in [-0.05, 0) is 73.0 Å². The van der Waals surface area contributed by atoms with Crippen molar-refractivity contribution in [2.75, 3.05) is 39.3 Å². The van der Waals surface area contributed by atoms with E-state index in [1.807, 2.05) is 36.4 Å². The summed E-state index contributed by atoms with van der Waals surface area (Å²) in [4.78, 5) is 7.21. The Bertz CT molecular complexity index is 1970. The fourth-order valence-corrected chi connectivity index (χ4v) is 8.39. The second-order valence-electron chi connectivity index (χ2n) is 21.7. The first kappa shape index (κ1) is 58.2. The van der Waals surface area contributed by atoms with E-state index >= 15 is 0 Å². The molecule has 0 saturated carbocycles. The molecule has 0 unspecified atom stereocenters. The van der Waals surface area contributed by atoms with E-state index in [0.29, 0.717) is 19.6 Å². The van der Waals surface area contributed by atoms with Crippen molar-refractivity contribution in [3.63, 3.8) is 0 Å². The number of aromatic nitrogens is 1. The molecule has 4 aromatic carbocycles. The van der Waals surface area contributed by atoms with Crippen LogP contribution in [0, 0.1) is 73.3 Å². The maximum Gasteiger partial charge on any atom is 0.180 e. The van der Waals surface area contributed by atoms with E-state index in [1.165, 1.54) is 12.4 Å². The summed E-state index contributed by atoms with van der Waals surface area (Å²) in [6, 6.07) is 29.6. The first-order valence-electron chi connectivity index (χ1n) is 23.1. The number of rotatable bonds is 9. The minimum Gasteiger partial charge on any atom is -2.00 e. The third kappa shape index (κ3) is 21.0. The molecule has 1 aliphatic heterocycles. The molecule has 0 spiro atoms. The van der Waals surface area contributed by atoms with E-state index in [-0.39, 0.29) is 70.1 Å². The minimum absolute atomic E-state index is 0. The van der Waals surface area contributed by atoms with Crippen molar-refractivity contribution in [3.8, 4) is 17.2 Å². The summed E-state index contributed by atoms with van der Waals surface area (Å²) in [5.74, 6) is 0.482. The molecule has 1 aliphatic rings. The second-order valence-corrected chi connectivity index (χ2v) is 21.7. The Morgan fingerprint density at radius 1 is 0.409 bits per heavy atom. The first-order chi connectivity index (χ1) is 29.9. The molecule has 0 atom stereocenters. The van der Waals surface area contributed by atoms with E-state index in [1.54, 1.807) is 18.2 Å². The number of pyridine rings is 1. The van der Waals surface area contributed by atoms with Crippen LogP contribution in [-0.2, 0) is 44.4 Å². The number of nitrogens with zero attached hydrogens (tertiary/aromatic N) is 4. The van der Waals surface area contributed by atoms with Crippen LogP contribution in [0.3, 0.4) is 0 Å². The van der Waals surface area contributed by atoms with Gasteiger partial charge in [-0.25, -0.2) is 0 Å². The molecule has 0 radical (unpaired) electrons. The van der Waals surface area contributed by atoms with Gasteiger partial charge in [0.15, 0.2) is 12.4 Å². The van der Waals surface area contributed by atoms with Gasteiger partial charge in [0, 0.05) is 102 Å². The predicted molar refractivity (Wildman–Crippen MR) is 260 cm³/mol. The fourth-order valence-electron chi connectivity index (χ4n) is 8.39. The number of hydrogen-bond acceptors (Lipinski definition) is 7. The summed E-state index contributed by atoms with van der Waals surface area (Å²) in [5.41, 5.74) is 8.69. The molecular weight excluding hydrogens is 1050 g/mol. The van der Waals surface area contributed by atoms with Crippen LogP contribution in [-0.4, -0.2) is 54.0 Å². The molecule has 1 fully saturated rings. The van der Waals surface area contributed by atoms with Gasteiger partial charge < -0.3 is 26.0 Å². The monoisotopic (exact) mass is 1120 g/mol. The average Bonchev–Trinajstić information content (AvgIpc) is 3.28. The van der Waals surface area contributed by atoms with Crippen molar-refractivity contribution in [1.29, 1.82) is 0 Å². The molecular formula is C56H77N4O5U-5. The van der Waals surface area contributed by atoms with Crippen LogP contribution < -0.4 is 20.0 Å². The molecule has 0 amide bonds. The van der Waals surface area contributed by atoms with Crippen LogP contribution >= 0.6 is 0 Å². The van der Waals surface area contributed by atoms with Gasteiger partial charge in [-0.1, -0.05) is 175 Å². The Kier molecular flexibility index (Phi) is 23.5. The van der Waals surface area contributed by atoms with Gasteiger partial charge in [0.05, 0.1) is 0 Å². The standard InChI is InChI=1S/C45H69N3O3.C6H6.C5H5NO.O.U/c1-31-19-34(25-43(4,5)6)40(49)37(22-31)28-46-13-15-47(29-38-23-32(2)20-35(41(38)50)26-44(7,8)9)17-18-48(16-14-46)30-39-24-33(3)21-36(42(39)51)27-45(10,11)12;1-2-4-6-5-3-1;7-6-4-2-1-3-5-6;;/h19-24,49-51H,13-18,25-30H2,1-12H3;1-6H;1-5H;;/q;;;-2;/p-3. The Balaban J connectivity index is 0.000000853. The summed E-state index contributed by atoms with van der Waals surface area (Å²) >= 11 is 0. The van der Waals surface area contributed by atoms with E-state index < -0.39 is 0 Å². The van der Waals surface area contributed by atoms with Crippen LogP contribution in [0.15, 0.2) is 103 Å². The van der Waals surface area contributed by atoms with E-state index in [2.05, 4.69) is 134 Å². The van der Waals surface area contributed by atoms with Gasteiger partial charge in [-0.2, -0.15) is 4.73 Å². The third-order valence-electron chi connectivity index (χ3n) is 11.1. The van der Waals surface area contributed by atoms with Crippen molar-refractivity contribution >= 4 is 0 Å². The molecule has 360 valence electrons. The first-order valence-corrected chi connectivity index (χ1v) is 23.1. The summed E-state index contributed by atoms with van der Waals surface area (Å²) in [6.07, 6.45) is 5.13. The second kappa shape index (κ2) is 26.6. The van der Waals surface area contributed by atoms with E-state index in [4.69, 9.17) is 0 Å². The largest absolute Gasteiger partial charge is 2.00 e. The number of hydrogen-bond donors (Lipinski definition) is 0. The van der Waals surface area contributed by atoms with Crippen molar-refractivity contribution in [2.45, 2.75) is 122 Å². The van der Waals surface area contributed by atoms with Crippen molar-refractivity contribution in [1.82, 2.24) is 14.7 Å². The Hall–Kier alpha value is -3.88. The zero-order chi connectivity index (χ0) is 47.2. The molecule has 0 aliphatic carbocycles. The van der Waals surface area contributed by atoms with Gasteiger partial charge in [0.25, 0.3) is 0 Å². The fraction of sp³-hybridized carbons (Fsp3) is 0.482. The van der Waals surface area contributed by atoms with E-state index in [9.17, 15) is 20.5 Å². The molecule has 9 nitrogen and oxygen atoms in total. The molecule has 2 heterocycles. The quantitative estimate of drug-likeness (QED) is 0.106. The molecule has 10 heteroatoms. The number of benzene rings is 4. The van der Waals surface area contributed by atoms with Crippen LogP contribution in [0.4, 0.5) is 0 Å². The van der Waals surface area contributed by atoms with Crippen LogP contribution in [0.1, 0.15) is 112 Å². The van der Waals surface area contributed by atoms with Gasteiger partial charge in [0.1, 0.15) is 0 Å². The average molecular weight is 1120 g/mol. The van der Waals surface area contributed by atoms with Gasteiger partial charge >= 0.3 is 0 Å². The van der Waals surface area contributed by atoms with Gasteiger partial charge in [0.2, 0.25) is 0 Å². The maximum atomic E-state index is 13.8. The van der Waals surface area contributed by atoms with Crippen LogP contribution in [0.5, 0.6) is 17.2 Å². The third-order valence-corrected chi connectivity index (χ3v) is 11.1. The molecule has 6 rings (SSSR count). The molecule has 66 heavy (non-hydrogen) atoms. The summed E-state index contributed by atoms with van der Waals surface area (Å²) in [7, 11) is 0. The summed E-state index contributed by atoms with van der Waals surface area (Å²) in [6.45, 7) is 32.4. The minimum atomic E-state index is 0. The summed E-state index contributed by atoms with van der Waals surface area (Å²) in [5, 5.41) is 51.6. The van der Waals surface area contributed by atoms with Gasteiger partial charge in [-0.3, -0.25) is 14.7 Å². The van der Waals surface area contributed by atoms with E-state index in [0.717, 1.165) is 113 Å². The summed E-state index contributed by atoms with van der Waals surface area (Å²) < 4.78 is 0.750. The zero-order valence-corrected chi connectivity index (χ0v) is 46.3. The smallest absolute Gasteiger partial charge is 0.180 e. The topological polar surface area (TPSA) is 134 Å². The van der Waals surface area contributed by atoms with Gasteiger partial charge in [-0.15, -0.1) is 17.2 Å². The zero-order valence-electron chi connectivity index (χ0n) is 42.1. The van der Waals surface area contributed by atoms with Crippen molar-refractivity contribution < 1.29 is 56.6 Å². The molecule has 1 saturated heterocycles. The maximum absolute atomic E-state index is 13.8. The molecule has 0 N–H and O–H groups in total. The van der Waals surface area contributed by atoms with Crippen molar-refractivity contribution in [2.24, 2.45) is 16.2 Å². The predicted octanol–water partition coefficient (Wildman–Crippen LogP) is 9.31. The molecule has 0 bridgehead atoms. The Morgan fingerprint density at radius 2 is 0.621 bits per heavy atom. The SMILES string of the molecule is Cc1cc(CN2CCN(Cc3cc(C)cc(CC(C)(C)C)c3[O-])CCN(Cc3cc(C)cc(CC(C)(C)C)c3[O-])CC2)c([O-])c(CC(C)(C)C)c1.[O-2].[O-][n+]1ccccc1.[U].c1ccccc1. The normalized spacial score (nSPS) is 14.2. The number of aryl methyl sites for hydroxylation is 3. The Labute approximate surface area is 422 Å². The Morgan fingerprint density at radius 3 is 0.818 bits per heavy atom. The molecule has 5 aromatic rings. The molecule has 1 aromatic heterocycles. The van der Waals surface area contributed by atoms with Crippen LogP contribution in [0.25, 0.3) is 0 Å². The van der Waals surface area contributed by atoms with Crippen molar-refractivity contribution in [3.05, 3.63) is 159 Å².